The van der Waals surface area contributed by atoms with Crippen molar-refractivity contribution in [3.8, 4) is 5.75 Å². The monoisotopic (exact) mass is 415 g/mol. The van der Waals surface area contributed by atoms with Gasteiger partial charge in [-0.25, -0.2) is 4.39 Å². The number of ether oxygens (including phenoxy) is 1. The van der Waals surface area contributed by atoms with Crippen LogP contribution in [0.1, 0.15) is 23.4 Å². The van der Waals surface area contributed by atoms with Crippen LogP contribution >= 0.6 is 11.8 Å². The van der Waals surface area contributed by atoms with Crippen LogP contribution in [-0.4, -0.2) is 29.0 Å². The fraction of sp³-hybridized carbons (Fsp3) is 0.286. The van der Waals surface area contributed by atoms with Crippen molar-refractivity contribution in [1.82, 2.24) is 10.2 Å². The zero-order valence-electron chi connectivity index (χ0n) is 16.3. The van der Waals surface area contributed by atoms with E-state index in [9.17, 15) is 9.18 Å². The van der Waals surface area contributed by atoms with E-state index in [-0.39, 0.29) is 17.5 Å². The molecular weight excluding hydrogens is 393 g/mol. The number of halogens is 1. The molecule has 8 heteroatoms. The molecule has 29 heavy (non-hydrogen) atoms. The molecule has 0 aliphatic carbocycles. The van der Waals surface area contributed by atoms with Crippen molar-refractivity contribution >= 4 is 23.4 Å². The molecule has 3 aromatic rings. The van der Waals surface area contributed by atoms with Gasteiger partial charge in [-0.2, -0.15) is 0 Å². The minimum Gasteiger partial charge on any atom is -0.497 e. The Morgan fingerprint density at radius 3 is 2.72 bits per heavy atom. The van der Waals surface area contributed by atoms with Gasteiger partial charge in [0.15, 0.2) is 0 Å². The van der Waals surface area contributed by atoms with E-state index in [0.717, 1.165) is 30.4 Å². The van der Waals surface area contributed by atoms with Crippen molar-refractivity contribution in [3.63, 3.8) is 0 Å². The highest BCUT2D eigenvalue weighted by atomic mass is 32.2. The molecule has 3 rings (SSSR count). The van der Waals surface area contributed by atoms with Gasteiger partial charge in [0.2, 0.25) is 11.8 Å². The quantitative estimate of drug-likeness (QED) is 0.521. The number of nitrogens with one attached hydrogen (secondary N) is 1. The zero-order chi connectivity index (χ0) is 20.6. The lowest BCUT2D eigenvalue weighted by atomic mass is 10.1. The summed E-state index contributed by atoms with van der Waals surface area (Å²) < 4.78 is 24.3. The average Bonchev–Trinajstić information content (AvgIpc) is 3.18. The van der Waals surface area contributed by atoms with Crippen molar-refractivity contribution in [2.45, 2.75) is 31.4 Å². The van der Waals surface area contributed by atoms with Crippen LogP contribution in [0.3, 0.4) is 0 Å². The van der Waals surface area contributed by atoms with E-state index < -0.39 is 0 Å². The Bertz CT molecular complexity index is 960. The minimum atomic E-state index is -0.355. The minimum absolute atomic E-state index is 0.101. The molecule has 0 bridgehead atoms. The van der Waals surface area contributed by atoms with Gasteiger partial charge in [0.1, 0.15) is 11.6 Å². The lowest BCUT2D eigenvalue weighted by molar-refractivity contribution is -0.113. The van der Waals surface area contributed by atoms with E-state index in [0.29, 0.717) is 28.8 Å². The number of methoxy groups -OCH3 is 1. The second kappa shape index (κ2) is 10.1. The Morgan fingerprint density at radius 2 is 1.97 bits per heavy atom. The number of amides is 1. The first kappa shape index (κ1) is 20.9. The van der Waals surface area contributed by atoms with Gasteiger partial charge in [0, 0.05) is 17.7 Å². The smallest absolute Gasteiger partial charge is 0.277 e. The highest BCUT2D eigenvalue weighted by Crippen LogP contribution is 2.20. The Morgan fingerprint density at radius 1 is 1.17 bits per heavy atom. The van der Waals surface area contributed by atoms with Crippen LogP contribution in [0.5, 0.6) is 5.75 Å². The van der Waals surface area contributed by atoms with Gasteiger partial charge in [0.05, 0.1) is 12.9 Å². The number of hydrogen-bond acceptors (Lipinski definition) is 6. The molecule has 0 unspecified atom stereocenters. The standard InChI is InChI=1S/C21H22FN3O3S/c1-14-17(22)6-4-7-18(14)23-19(26)13-29-21-25-24-20(28-21)8-3-5-15-9-11-16(27-2)12-10-15/h4,6-7,9-12H,3,5,8,13H2,1-2H3,(H,23,26). The number of hydrogen-bond donors (Lipinski definition) is 1. The van der Waals surface area contributed by atoms with E-state index in [1.165, 1.54) is 11.6 Å². The summed E-state index contributed by atoms with van der Waals surface area (Å²) in [5, 5.41) is 11.0. The summed E-state index contributed by atoms with van der Waals surface area (Å²) >= 11 is 1.15. The molecule has 1 heterocycles. The number of carbonyl (C=O) groups is 1. The molecule has 6 nitrogen and oxygen atoms in total. The Kier molecular flexibility index (Phi) is 7.24. The van der Waals surface area contributed by atoms with Crippen molar-refractivity contribution in [2.75, 3.05) is 18.2 Å². The lowest BCUT2D eigenvalue weighted by Gasteiger charge is -2.07. The molecule has 1 aromatic heterocycles. The first-order valence-electron chi connectivity index (χ1n) is 9.18. The SMILES string of the molecule is COc1ccc(CCCc2nnc(SCC(=O)Nc3cccc(F)c3C)o2)cc1. The average molecular weight is 415 g/mol. The number of nitrogens with zero attached hydrogens (tertiary/aromatic N) is 2. The summed E-state index contributed by atoms with van der Waals surface area (Å²) in [6, 6.07) is 12.5. The molecule has 0 saturated carbocycles. The number of anilines is 1. The third-order valence-corrected chi connectivity index (χ3v) is 5.15. The Hall–Kier alpha value is -2.87. The Labute approximate surface area is 172 Å². The lowest BCUT2D eigenvalue weighted by Crippen LogP contribution is -2.15. The topological polar surface area (TPSA) is 77.2 Å². The number of aryl methyl sites for hydroxylation is 2. The molecule has 0 radical (unpaired) electrons. The number of thioether (sulfide) groups is 1. The van der Waals surface area contributed by atoms with Gasteiger partial charge in [-0.1, -0.05) is 30.0 Å². The third-order valence-electron chi connectivity index (χ3n) is 4.33. The van der Waals surface area contributed by atoms with Crippen LogP contribution in [0.25, 0.3) is 0 Å². The highest BCUT2D eigenvalue weighted by molar-refractivity contribution is 7.99. The van der Waals surface area contributed by atoms with Crippen LogP contribution < -0.4 is 10.1 Å². The molecule has 152 valence electrons. The van der Waals surface area contributed by atoms with Crippen molar-refractivity contribution in [3.05, 3.63) is 65.3 Å². The van der Waals surface area contributed by atoms with Crippen molar-refractivity contribution < 1.29 is 18.3 Å². The van der Waals surface area contributed by atoms with E-state index in [1.54, 1.807) is 26.2 Å². The van der Waals surface area contributed by atoms with Gasteiger partial charge in [0.25, 0.3) is 5.22 Å². The van der Waals surface area contributed by atoms with Crippen LogP contribution in [0.2, 0.25) is 0 Å². The van der Waals surface area contributed by atoms with E-state index in [2.05, 4.69) is 15.5 Å². The first-order valence-corrected chi connectivity index (χ1v) is 10.2. The number of aromatic nitrogens is 2. The maximum absolute atomic E-state index is 13.5. The summed E-state index contributed by atoms with van der Waals surface area (Å²) in [5.74, 6) is 0.865. The number of benzene rings is 2. The highest BCUT2D eigenvalue weighted by Gasteiger charge is 2.12. The molecular formula is C21H22FN3O3S. The normalized spacial score (nSPS) is 10.7. The maximum atomic E-state index is 13.5. The summed E-state index contributed by atoms with van der Waals surface area (Å²) in [6.45, 7) is 1.62. The van der Waals surface area contributed by atoms with Crippen LogP contribution in [0.4, 0.5) is 10.1 Å². The molecule has 0 spiro atoms. The van der Waals surface area contributed by atoms with Gasteiger partial charge in [-0.05, 0) is 49.6 Å². The fourth-order valence-corrected chi connectivity index (χ4v) is 3.27. The molecule has 0 atom stereocenters. The van der Waals surface area contributed by atoms with Gasteiger partial charge < -0.3 is 14.5 Å². The van der Waals surface area contributed by atoms with Crippen LogP contribution in [0.15, 0.2) is 52.1 Å². The zero-order valence-corrected chi connectivity index (χ0v) is 17.1. The van der Waals surface area contributed by atoms with E-state index in [4.69, 9.17) is 9.15 Å². The first-order chi connectivity index (χ1) is 14.0. The third kappa shape index (κ3) is 6.05. The van der Waals surface area contributed by atoms with Crippen molar-refractivity contribution in [2.24, 2.45) is 0 Å². The van der Waals surface area contributed by atoms with Crippen molar-refractivity contribution in [1.29, 1.82) is 0 Å². The van der Waals surface area contributed by atoms with Crippen LogP contribution in [0, 0.1) is 12.7 Å². The second-order valence-corrected chi connectivity index (χ2v) is 7.34. The van der Waals surface area contributed by atoms with Crippen LogP contribution in [-0.2, 0) is 17.6 Å². The van der Waals surface area contributed by atoms with E-state index >= 15 is 0 Å². The summed E-state index contributed by atoms with van der Waals surface area (Å²) in [7, 11) is 1.65. The molecule has 1 amide bonds. The predicted octanol–water partition coefficient (Wildman–Crippen LogP) is 4.43. The molecule has 2 aromatic carbocycles. The summed E-state index contributed by atoms with van der Waals surface area (Å²) in [4.78, 5) is 12.1. The maximum Gasteiger partial charge on any atom is 0.277 e. The largest absolute Gasteiger partial charge is 0.497 e. The molecule has 1 N–H and O–H groups in total. The summed E-state index contributed by atoms with van der Waals surface area (Å²) in [5.41, 5.74) is 2.08. The van der Waals surface area contributed by atoms with E-state index in [1.807, 2.05) is 24.3 Å². The van der Waals surface area contributed by atoms with Gasteiger partial charge in [-0.15, -0.1) is 10.2 Å². The summed E-state index contributed by atoms with van der Waals surface area (Å²) in [6.07, 6.45) is 2.43. The molecule has 0 fully saturated rings. The molecule has 0 saturated heterocycles. The second-order valence-electron chi connectivity index (χ2n) is 6.41. The van der Waals surface area contributed by atoms with Gasteiger partial charge >= 0.3 is 0 Å². The molecule has 0 aliphatic rings. The number of rotatable bonds is 9. The Balaban J connectivity index is 1.42. The fourth-order valence-electron chi connectivity index (χ4n) is 2.69. The molecule has 0 aliphatic heterocycles. The number of carbonyl (C=O) groups excluding carboxylic acids is 1. The van der Waals surface area contributed by atoms with Gasteiger partial charge in [-0.3, -0.25) is 4.79 Å². The predicted molar refractivity (Wildman–Crippen MR) is 110 cm³/mol.